The van der Waals surface area contributed by atoms with E-state index in [4.69, 9.17) is 5.73 Å². The summed E-state index contributed by atoms with van der Waals surface area (Å²) >= 11 is 0. The van der Waals surface area contributed by atoms with Crippen molar-refractivity contribution in [1.29, 1.82) is 0 Å². The summed E-state index contributed by atoms with van der Waals surface area (Å²) in [5.74, 6) is -5.62. The van der Waals surface area contributed by atoms with Crippen molar-refractivity contribution in [2.24, 2.45) is 0 Å². The number of hydrogen-bond acceptors (Lipinski definition) is 4. The van der Waals surface area contributed by atoms with Crippen LogP contribution in [-0.4, -0.2) is 28.7 Å². The molecule has 0 saturated carbocycles. The van der Waals surface area contributed by atoms with Gasteiger partial charge >= 0.3 is 12.1 Å². The third-order valence-electron chi connectivity index (χ3n) is 1.75. The number of aromatic nitrogens is 2. The van der Waals surface area contributed by atoms with Crippen molar-refractivity contribution in [3.63, 3.8) is 0 Å². The third-order valence-corrected chi connectivity index (χ3v) is 1.75. The van der Waals surface area contributed by atoms with Crippen LogP contribution in [0, 0.1) is 6.92 Å². The molecule has 0 radical (unpaired) electrons. The zero-order chi connectivity index (χ0) is 13.3. The van der Waals surface area contributed by atoms with Gasteiger partial charge in [-0.15, -0.1) is 0 Å². The largest absolute Gasteiger partial charge is 0.471 e. The number of aryl methyl sites for hydroxylation is 1. The van der Waals surface area contributed by atoms with Crippen molar-refractivity contribution in [3.8, 4) is 5.88 Å². The molecule has 1 aromatic rings. The number of alkyl halides is 5. The fraction of sp³-hybridized carbons (Fsp3) is 0.500. The third kappa shape index (κ3) is 3.14. The molecule has 1 rings (SSSR count). The molecule has 2 N–H and O–H groups in total. The van der Waals surface area contributed by atoms with Crippen molar-refractivity contribution in [2.75, 3.05) is 12.3 Å². The van der Waals surface area contributed by atoms with E-state index in [-0.39, 0.29) is 11.5 Å². The molecule has 9 heteroatoms. The molecule has 0 aliphatic rings. The van der Waals surface area contributed by atoms with E-state index in [1.807, 2.05) is 0 Å². The van der Waals surface area contributed by atoms with E-state index in [1.54, 1.807) is 0 Å². The number of nitrogen functional groups attached to an aromatic ring is 1. The number of ether oxygens (including phenoxy) is 1. The monoisotopic (exact) mass is 257 g/mol. The first-order valence-electron chi connectivity index (χ1n) is 4.30. The fourth-order valence-corrected chi connectivity index (χ4v) is 0.826. The van der Waals surface area contributed by atoms with Crippen molar-refractivity contribution in [2.45, 2.75) is 19.0 Å². The Kier molecular flexibility index (Phi) is 3.39. The van der Waals surface area contributed by atoms with Gasteiger partial charge in [-0.3, -0.25) is 0 Å². The molecule has 0 fully saturated rings. The maximum Gasteiger partial charge on any atom is 0.456 e. The summed E-state index contributed by atoms with van der Waals surface area (Å²) in [6, 6.07) is 0. The molecule has 0 spiro atoms. The lowest BCUT2D eigenvalue weighted by atomic mass is 10.3. The smallest absolute Gasteiger partial charge is 0.456 e. The van der Waals surface area contributed by atoms with Crippen molar-refractivity contribution in [1.82, 2.24) is 9.97 Å². The van der Waals surface area contributed by atoms with Gasteiger partial charge in [-0.2, -0.15) is 26.9 Å². The first-order chi connectivity index (χ1) is 7.63. The number of hydrogen-bond donors (Lipinski definition) is 1. The molecular weight excluding hydrogens is 249 g/mol. The van der Waals surface area contributed by atoms with Crippen LogP contribution in [0.25, 0.3) is 0 Å². The Hall–Kier alpha value is -1.67. The molecule has 1 aromatic heterocycles. The van der Waals surface area contributed by atoms with Crippen LogP contribution in [0.15, 0.2) is 6.20 Å². The van der Waals surface area contributed by atoms with Crippen LogP contribution in [0.3, 0.4) is 0 Å². The van der Waals surface area contributed by atoms with E-state index >= 15 is 0 Å². The number of anilines is 1. The van der Waals surface area contributed by atoms with Gasteiger partial charge in [-0.25, -0.2) is 4.98 Å². The zero-order valence-electron chi connectivity index (χ0n) is 8.55. The van der Waals surface area contributed by atoms with Crippen molar-refractivity contribution >= 4 is 5.95 Å². The van der Waals surface area contributed by atoms with E-state index in [0.29, 0.717) is 0 Å². The van der Waals surface area contributed by atoms with Crippen LogP contribution < -0.4 is 10.5 Å². The highest BCUT2D eigenvalue weighted by molar-refractivity contribution is 5.28. The molecule has 4 nitrogen and oxygen atoms in total. The molecule has 0 bridgehead atoms. The molecule has 1 heterocycles. The Balaban J connectivity index is 2.77. The van der Waals surface area contributed by atoms with Gasteiger partial charge in [0.05, 0.1) is 0 Å². The summed E-state index contributed by atoms with van der Waals surface area (Å²) in [6.45, 7) is -0.464. The molecule has 0 unspecified atom stereocenters. The number of halogens is 5. The second-order valence-corrected chi connectivity index (χ2v) is 3.21. The zero-order valence-corrected chi connectivity index (χ0v) is 8.55. The van der Waals surface area contributed by atoms with Crippen molar-refractivity contribution < 1.29 is 26.7 Å². The van der Waals surface area contributed by atoms with E-state index in [9.17, 15) is 22.0 Å². The number of rotatable bonds is 3. The van der Waals surface area contributed by atoms with Crippen LogP contribution in [0.4, 0.5) is 27.9 Å². The maximum absolute atomic E-state index is 12.5. The molecule has 0 aliphatic carbocycles. The van der Waals surface area contributed by atoms with E-state index < -0.39 is 24.6 Å². The minimum absolute atomic E-state index is 0.206. The van der Waals surface area contributed by atoms with Gasteiger partial charge in [0, 0.05) is 11.8 Å². The highest BCUT2D eigenvalue weighted by Crippen LogP contribution is 2.35. The topological polar surface area (TPSA) is 61.0 Å². The van der Waals surface area contributed by atoms with Gasteiger partial charge in [0.15, 0.2) is 6.61 Å². The van der Waals surface area contributed by atoms with E-state index in [1.165, 1.54) is 6.92 Å². The quantitative estimate of drug-likeness (QED) is 0.840. The average Bonchev–Trinajstić information content (AvgIpc) is 2.18. The minimum atomic E-state index is -5.67. The molecule has 0 aliphatic heterocycles. The summed E-state index contributed by atoms with van der Waals surface area (Å²) in [4.78, 5) is 6.91. The summed E-state index contributed by atoms with van der Waals surface area (Å²) < 4.78 is 64.8. The lowest BCUT2D eigenvalue weighted by molar-refractivity contribution is -0.290. The van der Waals surface area contributed by atoms with Gasteiger partial charge in [0.25, 0.3) is 0 Å². The number of nitrogens with two attached hydrogens (primary N) is 1. The Bertz CT molecular complexity index is 407. The standard InChI is InChI=1S/C8H8F5N3O/c1-4-2-15-6(14)16-5(4)17-3-7(9,10)8(11,12)13/h2H,3H2,1H3,(H2,14,15,16). The van der Waals surface area contributed by atoms with Crippen LogP contribution in [0.5, 0.6) is 5.88 Å². The highest BCUT2D eigenvalue weighted by Gasteiger charge is 2.58. The van der Waals surface area contributed by atoms with Crippen LogP contribution in [0.1, 0.15) is 5.56 Å². The van der Waals surface area contributed by atoms with Crippen molar-refractivity contribution in [3.05, 3.63) is 11.8 Å². The Morgan fingerprint density at radius 1 is 1.29 bits per heavy atom. The molecular formula is C8H8F5N3O. The fourth-order valence-electron chi connectivity index (χ4n) is 0.826. The summed E-state index contributed by atoms with van der Waals surface area (Å²) in [5, 5.41) is 0. The average molecular weight is 257 g/mol. The lowest BCUT2D eigenvalue weighted by Gasteiger charge is -2.19. The molecule has 0 saturated heterocycles. The Morgan fingerprint density at radius 3 is 2.41 bits per heavy atom. The Morgan fingerprint density at radius 2 is 1.88 bits per heavy atom. The predicted molar refractivity (Wildman–Crippen MR) is 47.7 cm³/mol. The number of nitrogens with zero attached hydrogens (tertiary/aromatic N) is 2. The maximum atomic E-state index is 12.5. The van der Waals surface area contributed by atoms with E-state index in [0.717, 1.165) is 6.20 Å². The van der Waals surface area contributed by atoms with Crippen LogP contribution in [0.2, 0.25) is 0 Å². The Labute approximate surface area is 92.6 Å². The molecule has 17 heavy (non-hydrogen) atoms. The molecule has 96 valence electrons. The summed E-state index contributed by atoms with van der Waals surface area (Å²) in [7, 11) is 0. The van der Waals surface area contributed by atoms with Gasteiger partial charge in [0.1, 0.15) is 0 Å². The van der Waals surface area contributed by atoms with Gasteiger partial charge < -0.3 is 10.5 Å². The van der Waals surface area contributed by atoms with Gasteiger partial charge in [-0.05, 0) is 6.92 Å². The van der Waals surface area contributed by atoms with Crippen LogP contribution in [-0.2, 0) is 0 Å². The first kappa shape index (κ1) is 13.4. The normalized spacial score (nSPS) is 12.6. The van der Waals surface area contributed by atoms with Gasteiger partial charge in [0.2, 0.25) is 11.8 Å². The van der Waals surface area contributed by atoms with E-state index in [2.05, 4.69) is 14.7 Å². The minimum Gasteiger partial charge on any atom is -0.471 e. The highest BCUT2D eigenvalue weighted by atomic mass is 19.4. The van der Waals surface area contributed by atoms with Crippen LogP contribution >= 0.6 is 0 Å². The molecule has 0 amide bonds. The second-order valence-electron chi connectivity index (χ2n) is 3.21. The summed E-state index contributed by atoms with van der Waals surface area (Å²) in [6.07, 6.45) is -4.51. The first-order valence-corrected chi connectivity index (χ1v) is 4.30. The lowest BCUT2D eigenvalue weighted by Crippen LogP contribution is -2.42. The molecule has 0 aromatic carbocycles. The van der Waals surface area contributed by atoms with Gasteiger partial charge in [-0.1, -0.05) is 0 Å². The second kappa shape index (κ2) is 4.30. The molecule has 0 atom stereocenters. The predicted octanol–water partition coefficient (Wildman–Crippen LogP) is 1.94. The SMILES string of the molecule is Cc1cnc(N)nc1OCC(F)(F)C(F)(F)F. The summed E-state index contributed by atoms with van der Waals surface area (Å²) in [5.41, 5.74) is 5.35.